The number of benzene rings is 2. The van der Waals surface area contributed by atoms with Crippen molar-refractivity contribution in [2.24, 2.45) is 0 Å². The van der Waals surface area contributed by atoms with Crippen LogP contribution in [0.5, 0.6) is 11.5 Å². The average Bonchev–Trinajstić information content (AvgIpc) is 2.45. The standard InChI is InChI=1S/C15H10BrClN2O/c16-9-1-3-15(12(17)7-9)20-14-4-2-13(18)11-8-19-6-5-10(11)14/h1-8H,18H2. The molecule has 2 N–H and O–H groups in total. The molecule has 0 bridgehead atoms. The maximum absolute atomic E-state index is 6.17. The fraction of sp³-hybridized carbons (Fsp3) is 0. The number of ether oxygens (including phenoxy) is 1. The Hall–Kier alpha value is -1.78. The molecule has 0 aliphatic heterocycles. The predicted octanol–water partition coefficient (Wildman–Crippen LogP) is 5.03. The van der Waals surface area contributed by atoms with E-state index in [2.05, 4.69) is 20.9 Å². The zero-order valence-electron chi connectivity index (χ0n) is 10.3. The topological polar surface area (TPSA) is 48.1 Å². The smallest absolute Gasteiger partial charge is 0.146 e. The van der Waals surface area contributed by atoms with Gasteiger partial charge in [-0.05, 0) is 36.4 Å². The summed E-state index contributed by atoms with van der Waals surface area (Å²) in [5.41, 5.74) is 6.61. The zero-order valence-corrected chi connectivity index (χ0v) is 12.6. The molecule has 0 atom stereocenters. The van der Waals surface area contributed by atoms with Gasteiger partial charge in [-0.2, -0.15) is 0 Å². The van der Waals surface area contributed by atoms with Crippen LogP contribution in [0.15, 0.2) is 53.3 Å². The highest BCUT2D eigenvalue weighted by Crippen LogP contribution is 2.36. The third-order valence-corrected chi connectivity index (χ3v) is 3.71. The van der Waals surface area contributed by atoms with E-state index in [1.807, 2.05) is 24.3 Å². The van der Waals surface area contributed by atoms with Crippen molar-refractivity contribution >= 4 is 44.0 Å². The summed E-state index contributed by atoms with van der Waals surface area (Å²) in [5, 5.41) is 2.30. The van der Waals surface area contributed by atoms with Crippen LogP contribution in [0.4, 0.5) is 5.69 Å². The molecule has 0 unspecified atom stereocenters. The van der Waals surface area contributed by atoms with E-state index >= 15 is 0 Å². The van der Waals surface area contributed by atoms with Crippen molar-refractivity contribution in [3.05, 3.63) is 58.3 Å². The minimum absolute atomic E-state index is 0.540. The van der Waals surface area contributed by atoms with E-state index in [1.54, 1.807) is 24.5 Å². The molecule has 0 aliphatic rings. The molecule has 0 fully saturated rings. The van der Waals surface area contributed by atoms with Crippen molar-refractivity contribution < 1.29 is 4.74 Å². The highest BCUT2D eigenvalue weighted by molar-refractivity contribution is 9.10. The lowest BCUT2D eigenvalue weighted by molar-refractivity contribution is 0.488. The van der Waals surface area contributed by atoms with E-state index in [-0.39, 0.29) is 0 Å². The average molecular weight is 350 g/mol. The number of fused-ring (bicyclic) bond motifs is 1. The normalized spacial score (nSPS) is 10.7. The van der Waals surface area contributed by atoms with E-state index in [1.165, 1.54) is 0 Å². The summed E-state index contributed by atoms with van der Waals surface area (Å²) < 4.78 is 6.80. The quantitative estimate of drug-likeness (QED) is 0.660. The number of nitrogens with zero attached hydrogens (tertiary/aromatic N) is 1. The van der Waals surface area contributed by atoms with Crippen molar-refractivity contribution in [1.29, 1.82) is 0 Å². The van der Waals surface area contributed by atoms with Crippen LogP contribution in [0.1, 0.15) is 0 Å². The molecule has 0 amide bonds. The maximum atomic E-state index is 6.17. The molecule has 0 spiro atoms. The van der Waals surface area contributed by atoms with Crippen molar-refractivity contribution in [1.82, 2.24) is 4.98 Å². The number of halogens is 2. The van der Waals surface area contributed by atoms with Gasteiger partial charge in [0.1, 0.15) is 11.5 Å². The first-order valence-corrected chi connectivity index (χ1v) is 7.07. The largest absolute Gasteiger partial charge is 0.455 e. The number of rotatable bonds is 2. The molecule has 0 radical (unpaired) electrons. The fourth-order valence-electron chi connectivity index (χ4n) is 1.95. The molecule has 0 saturated carbocycles. The maximum Gasteiger partial charge on any atom is 0.146 e. The van der Waals surface area contributed by atoms with E-state index in [4.69, 9.17) is 22.1 Å². The number of pyridine rings is 1. The summed E-state index contributed by atoms with van der Waals surface area (Å²) >= 11 is 9.54. The third kappa shape index (κ3) is 2.44. The summed E-state index contributed by atoms with van der Waals surface area (Å²) in [7, 11) is 0. The minimum atomic E-state index is 0.540. The number of nitrogens with two attached hydrogens (primary N) is 1. The van der Waals surface area contributed by atoms with Crippen molar-refractivity contribution in [3.63, 3.8) is 0 Å². The molecule has 1 aromatic heterocycles. The Labute approximate surface area is 129 Å². The summed E-state index contributed by atoms with van der Waals surface area (Å²) in [6.07, 6.45) is 3.43. The highest BCUT2D eigenvalue weighted by Gasteiger charge is 2.08. The van der Waals surface area contributed by atoms with Gasteiger partial charge in [0.25, 0.3) is 0 Å². The monoisotopic (exact) mass is 348 g/mol. The van der Waals surface area contributed by atoms with Crippen molar-refractivity contribution in [3.8, 4) is 11.5 Å². The van der Waals surface area contributed by atoms with E-state index < -0.39 is 0 Å². The van der Waals surface area contributed by atoms with E-state index in [9.17, 15) is 0 Å². The molecule has 2 aromatic carbocycles. The summed E-state index contributed by atoms with van der Waals surface area (Å²) in [6.45, 7) is 0. The molecular formula is C15H10BrClN2O. The van der Waals surface area contributed by atoms with Gasteiger partial charge in [-0.25, -0.2) is 0 Å². The second-order valence-electron chi connectivity index (χ2n) is 4.25. The molecule has 20 heavy (non-hydrogen) atoms. The molecule has 5 heteroatoms. The number of anilines is 1. The third-order valence-electron chi connectivity index (χ3n) is 2.93. The van der Waals surface area contributed by atoms with Crippen LogP contribution < -0.4 is 10.5 Å². The van der Waals surface area contributed by atoms with E-state index in [0.717, 1.165) is 15.2 Å². The Morgan fingerprint density at radius 1 is 1.05 bits per heavy atom. The van der Waals surface area contributed by atoms with Crippen LogP contribution in [-0.2, 0) is 0 Å². The lowest BCUT2D eigenvalue weighted by Gasteiger charge is -2.11. The molecule has 0 saturated heterocycles. The molecule has 3 rings (SSSR count). The first kappa shape index (κ1) is 13.2. The van der Waals surface area contributed by atoms with Gasteiger partial charge in [0.05, 0.1) is 5.02 Å². The molecule has 0 aliphatic carbocycles. The number of hydrogen-bond donors (Lipinski definition) is 1. The van der Waals surface area contributed by atoms with Gasteiger partial charge in [-0.3, -0.25) is 4.98 Å². The number of hydrogen-bond acceptors (Lipinski definition) is 3. The summed E-state index contributed by atoms with van der Waals surface area (Å²) in [6, 6.07) is 11.0. The van der Waals surface area contributed by atoms with Crippen LogP contribution >= 0.6 is 27.5 Å². The van der Waals surface area contributed by atoms with Crippen LogP contribution in [-0.4, -0.2) is 4.98 Å². The van der Waals surface area contributed by atoms with Gasteiger partial charge in [-0.1, -0.05) is 27.5 Å². The molecular weight excluding hydrogens is 340 g/mol. The predicted molar refractivity (Wildman–Crippen MR) is 85.4 cm³/mol. The lowest BCUT2D eigenvalue weighted by atomic mass is 10.1. The van der Waals surface area contributed by atoms with Gasteiger partial charge < -0.3 is 10.5 Å². The number of aromatic nitrogens is 1. The van der Waals surface area contributed by atoms with Crippen LogP contribution in [0.25, 0.3) is 10.8 Å². The second kappa shape index (κ2) is 5.31. The first-order chi connectivity index (χ1) is 9.65. The van der Waals surface area contributed by atoms with Gasteiger partial charge >= 0.3 is 0 Å². The van der Waals surface area contributed by atoms with E-state index in [0.29, 0.717) is 22.2 Å². The first-order valence-electron chi connectivity index (χ1n) is 5.90. The molecule has 100 valence electrons. The van der Waals surface area contributed by atoms with Gasteiger partial charge in [-0.15, -0.1) is 0 Å². The van der Waals surface area contributed by atoms with Crippen molar-refractivity contribution in [2.75, 3.05) is 5.73 Å². The van der Waals surface area contributed by atoms with Crippen LogP contribution in [0.2, 0.25) is 5.02 Å². The Bertz CT molecular complexity index is 792. The Balaban J connectivity index is 2.09. The summed E-state index contributed by atoms with van der Waals surface area (Å²) in [5.74, 6) is 1.29. The zero-order chi connectivity index (χ0) is 14.1. The highest BCUT2D eigenvalue weighted by atomic mass is 79.9. The Kier molecular flexibility index (Phi) is 3.51. The van der Waals surface area contributed by atoms with Crippen molar-refractivity contribution in [2.45, 2.75) is 0 Å². The van der Waals surface area contributed by atoms with Crippen LogP contribution in [0.3, 0.4) is 0 Å². The van der Waals surface area contributed by atoms with Crippen LogP contribution in [0, 0.1) is 0 Å². The number of nitrogen functional groups attached to an aromatic ring is 1. The Morgan fingerprint density at radius 3 is 2.65 bits per heavy atom. The van der Waals surface area contributed by atoms with Gasteiger partial charge in [0.2, 0.25) is 0 Å². The lowest BCUT2D eigenvalue weighted by Crippen LogP contribution is -1.91. The Morgan fingerprint density at radius 2 is 1.85 bits per heavy atom. The fourth-order valence-corrected chi connectivity index (χ4v) is 2.66. The van der Waals surface area contributed by atoms with Gasteiger partial charge in [0.15, 0.2) is 0 Å². The second-order valence-corrected chi connectivity index (χ2v) is 5.57. The molecule has 3 nitrogen and oxygen atoms in total. The van der Waals surface area contributed by atoms with Gasteiger partial charge in [0, 0.05) is 33.3 Å². The summed E-state index contributed by atoms with van der Waals surface area (Å²) in [4.78, 5) is 4.08. The molecule has 1 heterocycles. The SMILES string of the molecule is Nc1ccc(Oc2ccc(Br)cc2Cl)c2ccncc12. The molecule has 3 aromatic rings. The minimum Gasteiger partial charge on any atom is -0.455 e.